The molecule has 1 aliphatic rings. The van der Waals surface area contributed by atoms with Crippen LogP contribution < -0.4 is 20.1 Å². The number of halogens is 1. The molecule has 0 aliphatic carbocycles. The Hall–Kier alpha value is -2.48. The van der Waals surface area contributed by atoms with E-state index in [1.807, 2.05) is 6.92 Å². The highest BCUT2D eigenvalue weighted by atomic mass is 79.9. The van der Waals surface area contributed by atoms with Gasteiger partial charge in [-0.15, -0.1) is 0 Å². The van der Waals surface area contributed by atoms with Crippen molar-refractivity contribution in [1.29, 1.82) is 0 Å². The fraction of sp³-hybridized carbons (Fsp3) is 0.333. The molecule has 1 saturated heterocycles. The number of hydrogen-bond donors (Lipinski definition) is 2. The molecule has 2 rings (SSSR count). The Kier molecular flexibility index (Phi) is 6.68. The summed E-state index contributed by atoms with van der Waals surface area (Å²) in [6.45, 7) is 9.99. The van der Waals surface area contributed by atoms with Crippen LogP contribution in [0.4, 0.5) is 4.79 Å². The third kappa shape index (κ3) is 4.19. The summed E-state index contributed by atoms with van der Waals surface area (Å²) >= 11 is 3.46. The first-order valence-corrected chi connectivity index (χ1v) is 8.76. The van der Waals surface area contributed by atoms with Crippen molar-refractivity contribution in [2.75, 3.05) is 20.3 Å². The maximum Gasteiger partial charge on any atom is 0.319 e. The van der Waals surface area contributed by atoms with Crippen LogP contribution >= 0.6 is 15.9 Å². The minimum Gasteiger partial charge on any atom is -0.490 e. The molecule has 1 aromatic carbocycles. The van der Waals surface area contributed by atoms with Gasteiger partial charge in [-0.2, -0.15) is 0 Å². The highest BCUT2D eigenvalue weighted by Crippen LogP contribution is 2.41. The van der Waals surface area contributed by atoms with Crippen molar-refractivity contribution in [2.45, 2.75) is 13.0 Å². The van der Waals surface area contributed by atoms with Gasteiger partial charge in [0, 0.05) is 5.70 Å². The Bertz CT molecular complexity index is 735. The lowest BCUT2D eigenvalue weighted by Crippen LogP contribution is -2.51. The molecule has 8 heteroatoms. The fourth-order valence-electron chi connectivity index (χ4n) is 2.68. The van der Waals surface area contributed by atoms with Crippen LogP contribution in [0, 0.1) is 5.92 Å². The number of rotatable bonds is 7. The molecule has 2 N–H and O–H groups in total. The number of ether oxygens (including phenoxy) is 3. The number of hydrogen-bond acceptors (Lipinski definition) is 5. The summed E-state index contributed by atoms with van der Waals surface area (Å²) < 4.78 is 16.8. The zero-order chi connectivity index (χ0) is 19.3. The molecule has 1 heterocycles. The second-order valence-electron chi connectivity index (χ2n) is 5.46. The van der Waals surface area contributed by atoms with Crippen molar-refractivity contribution < 1.29 is 23.8 Å². The molecule has 7 nitrogen and oxygen atoms in total. The molecule has 2 amide bonds. The molecular weight excluding hydrogens is 404 g/mol. The van der Waals surface area contributed by atoms with Crippen LogP contribution in [0.1, 0.15) is 18.5 Å². The van der Waals surface area contributed by atoms with Gasteiger partial charge in [-0.05, 0) is 40.5 Å². The Morgan fingerprint density at radius 2 is 2.12 bits per heavy atom. The maximum absolute atomic E-state index is 12.2. The highest BCUT2D eigenvalue weighted by molar-refractivity contribution is 9.10. The van der Waals surface area contributed by atoms with Gasteiger partial charge in [-0.25, -0.2) is 4.79 Å². The summed E-state index contributed by atoms with van der Waals surface area (Å²) in [6.07, 6.45) is 1.63. The number of esters is 1. The normalized spacial score (nSPS) is 19.2. The Morgan fingerprint density at radius 3 is 2.73 bits per heavy atom. The van der Waals surface area contributed by atoms with Crippen molar-refractivity contribution in [1.82, 2.24) is 10.6 Å². The highest BCUT2D eigenvalue weighted by Gasteiger charge is 2.39. The van der Waals surface area contributed by atoms with Crippen molar-refractivity contribution >= 4 is 27.9 Å². The van der Waals surface area contributed by atoms with Crippen molar-refractivity contribution in [3.63, 3.8) is 0 Å². The smallest absolute Gasteiger partial charge is 0.319 e. The predicted molar refractivity (Wildman–Crippen MR) is 100 cm³/mol. The first kappa shape index (κ1) is 19.8. The Morgan fingerprint density at radius 1 is 1.38 bits per heavy atom. The van der Waals surface area contributed by atoms with E-state index in [4.69, 9.17) is 14.2 Å². The van der Waals surface area contributed by atoms with Crippen LogP contribution in [-0.4, -0.2) is 32.3 Å². The average Bonchev–Trinajstić information content (AvgIpc) is 2.60. The standard InChI is InChI=1S/C18H21BrN2O5/c1-5-7-26-16-12(19)8-11(9-13(16)25-6-2)15-14(17(22)24-4)10(3)20-18(23)21-15/h5,8-9,14-15H,1,3,6-7H2,2,4H3,(H2,20,21,23)/t14-,15+/m0/s1. The number of methoxy groups -OCH3 is 1. The van der Waals surface area contributed by atoms with Gasteiger partial charge in [0.25, 0.3) is 0 Å². The monoisotopic (exact) mass is 424 g/mol. The van der Waals surface area contributed by atoms with E-state index in [0.717, 1.165) is 0 Å². The lowest BCUT2D eigenvalue weighted by Gasteiger charge is -2.33. The van der Waals surface area contributed by atoms with Gasteiger partial charge in [-0.3, -0.25) is 4.79 Å². The van der Waals surface area contributed by atoms with Crippen LogP contribution in [0.15, 0.2) is 41.5 Å². The molecular formula is C18H21BrN2O5. The van der Waals surface area contributed by atoms with E-state index >= 15 is 0 Å². The van der Waals surface area contributed by atoms with Crippen molar-refractivity contribution in [2.24, 2.45) is 5.92 Å². The molecule has 0 radical (unpaired) electrons. The van der Waals surface area contributed by atoms with Gasteiger partial charge in [0.05, 0.1) is 24.2 Å². The lowest BCUT2D eigenvalue weighted by atomic mass is 9.89. The summed E-state index contributed by atoms with van der Waals surface area (Å²) in [5, 5.41) is 5.26. The fourth-order valence-corrected chi connectivity index (χ4v) is 3.25. The first-order valence-electron chi connectivity index (χ1n) is 7.97. The van der Waals surface area contributed by atoms with E-state index in [1.54, 1.807) is 18.2 Å². The largest absolute Gasteiger partial charge is 0.490 e. The van der Waals surface area contributed by atoms with Gasteiger partial charge in [-0.1, -0.05) is 19.2 Å². The van der Waals surface area contributed by atoms with Crippen molar-refractivity contribution in [3.05, 3.63) is 47.1 Å². The molecule has 0 saturated carbocycles. The molecule has 0 unspecified atom stereocenters. The summed E-state index contributed by atoms with van der Waals surface area (Å²) in [5.41, 5.74) is 0.921. The van der Waals surface area contributed by atoms with E-state index in [9.17, 15) is 9.59 Å². The second-order valence-corrected chi connectivity index (χ2v) is 6.32. The molecule has 0 spiro atoms. The summed E-state index contributed by atoms with van der Waals surface area (Å²) in [7, 11) is 1.29. The molecule has 1 fully saturated rings. The number of nitrogens with one attached hydrogen (secondary N) is 2. The van der Waals surface area contributed by atoms with E-state index in [1.165, 1.54) is 7.11 Å². The summed E-state index contributed by atoms with van der Waals surface area (Å²) in [6, 6.07) is 2.39. The van der Waals surface area contributed by atoms with E-state index in [2.05, 4.69) is 39.7 Å². The number of amides is 2. The lowest BCUT2D eigenvalue weighted by molar-refractivity contribution is -0.145. The van der Waals surface area contributed by atoms with Crippen molar-refractivity contribution in [3.8, 4) is 11.5 Å². The van der Waals surface area contributed by atoms with E-state index in [-0.39, 0.29) is 5.70 Å². The molecule has 140 valence electrons. The summed E-state index contributed by atoms with van der Waals surface area (Å²) in [5.74, 6) is -0.280. The number of carbonyl (C=O) groups excluding carboxylic acids is 2. The van der Waals surface area contributed by atoms with E-state index < -0.39 is 24.0 Å². The molecule has 0 aromatic heterocycles. The van der Waals surface area contributed by atoms with Crippen LogP contribution in [-0.2, 0) is 9.53 Å². The average molecular weight is 425 g/mol. The molecule has 2 atom stereocenters. The van der Waals surface area contributed by atoms with Crippen LogP contribution in [0.25, 0.3) is 0 Å². The zero-order valence-electron chi connectivity index (χ0n) is 14.6. The van der Waals surface area contributed by atoms with Crippen LogP contribution in [0.2, 0.25) is 0 Å². The molecule has 1 aliphatic heterocycles. The molecule has 0 bridgehead atoms. The first-order chi connectivity index (χ1) is 12.4. The Labute approximate surface area is 160 Å². The molecule has 26 heavy (non-hydrogen) atoms. The zero-order valence-corrected chi connectivity index (χ0v) is 16.2. The third-order valence-corrected chi connectivity index (χ3v) is 4.35. The maximum atomic E-state index is 12.2. The van der Waals surface area contributed by atoms with Gasteiger partial charge in [0.1, 0.15) is 12.5 Å². The summed E-state index contributed by atoms with van der Waals surface area (Å²) in [4.78, 5) is 24.1. The minimum absolute atomic E-state index is 0.270. The van der Waals surface area contributed by atoms with E-state index in [0.29, 0.717) is 34.7 Å². The van der Waals surface area contributed by atoms with Crippen LogP contribution in [0.5, 0.6) is 11.5 Å². The quantitative estimate of drug-likeness (QED) is 0.518. The number of carbonyl (C=O) groups is 2. The third-order valence-electron chi connectivity index (χ3n) is 3.76. The second kappa shape index (κ2) is 8.75. The minimum atomic E-state index is -0.779. The number of benzene rings is 1. The van der Waals surface area contributed by atoms with Crippen LogP contribution in [0.3, 0.4) is 0 Å². The number of urea groups is 1. The molecule has 1 aromatic rings. The topological polar surface area (TPSA) is 85.9 Å². The SMILES string of the molecule is C=CCOc1c(Br)cc([C@H]2NC(=O)NC(=C)[C@@H]2C(=O)OC)cc1OCC. The van der Waals surface area contributed by atoms with Gasteiger partial charge in [0.2, 0.25) is 0 Å². The van der Waals surface area contributed by atoms with Gasteiger partial charge in [0.15, 0.2) is 11.5 Å². The predicted octanol–water partition coefficient (Wildman–Crippen LogP) is 3.07. The van der Waals surface area contributed by atoms with Gasteiger partial charge >= 0.3 is 12.0 Å². The Balaban J connectivity index is 2.49. The van der Waals surface area contributed by atoms with Gasteiger partial charge < -0.3 is 24.8 Å².